The molecule has 0 bridgehead atoms. The second-order valence-electron chi connectivity index (χ2n) is 8.02. The topological polar surface area (TPSA) is 164 Å². The molecule has 3 aromatic rings. The molecule has 0 aliphatic carbocycles. The number of carbonyl (C=O) groups is 1. The van der Waals surface area contributed by atoms with Crippen LogP contribution in [0.5, 0.6) is 11.5 Å². The maximum atomic E-state index is 13.2. The number of pyridine rings is 1. The van der Waals surface area contributed by atoms with E-state index in [-0.39, 0.29) is 17.1 Å². The maximum Gasteiger partial charge on any atom is 0.305 e. The van der Waals surface area contributed by atoms with Gasteiger partial charge in [-0.15, -0.1) is 4.40 Å². The Morgan fingerprint density at radius 2 is 1.73 bits per heavy atom. The monoisotopic (exact) mass is 531 g/mol. The fourth-order valence-corrected chi connectivity index (χ4v) is 4.15. The predicted molar refractivity (Wildman–Crippen MR) is 137 cm³/mol. The van der Waals surface area contributed by atoms with Gasteiger partial charge in [0.05, 0.1) is 19.9 Å². The van der Waals surface area contributed by atoms with Crippen molar-refractivity contribution in [2.45, 2.75) is 32.1 Å². The summed E-state index contributed by atoms with van der Waals surface area (Å²) < 4.78 is 46.2. The number of guanidine groups is 1. The quantitative estimate of drug-likeness (QED) is 0.193. The van der Waals surface area contributed by atoms with Gasteiger partial charge >= 0.3 is 5.91 Å². The normalized spacial score (nSPS) is 13.4. The van der Waals surface area contributed by atoms with Crippen LogP contribution in [0.15, 0.2) is 57.5 Å². The van der Waals surface area contributed by atoms with Crippen molar-refractivity contribution in [1.82, 2.24) is 15.8 Å². The highest BCUT2D eigenvalue weighted by atomic mass is 32.2. The minimum absolute atomic E-state index is 0.00341. The van der Waals surface area contributed by atoms with E-state index in [1.807, 2.05) is 6.92 Å². The van der Waals surface area contributed by atoms with Crippen LogP contribution in [-0.2, 0) is 10.0 Å². The highest BCUT2D eigenvalue weighted by Crippen LogP contribution is 2.34. The molecule has 0 aliphatic rings. The Balaban J connectivity index is 1.94. The van der Waals surface area contributed by atoms with Crippen molar-refractivity contribution in [3.63, 3.8) is 0 Å². The third-order valence-electron chi connectivity index (χ3n) is 5.30. The molecule has 198 valence electrons. The average molecular weight is 532 g/mol. The number of furan rings is 1. The molecule has 0 saturated heterocycles. The molecule has 2 unspecified atom stereocenters. The van der Waals surface area contributed by atoms with Gasteiger partial charge in [0, 0.05) is 6.20 Å². The molecule has 13 heteroatoms. The average Bonchev–Trinajstić information content (AvgIpc) is 3.32. The third kappa shape index (κ3) is 6.77. The van der Waals surface area contributed by atoms with Gasteiger partial charge in [0.15, 0.2) is 5.76 Å². The van der Waals surface area contributed by atoms with Gasteiger partial charge in [0.2, 0.25) is 5.96 Å². The molecule has 0 spiro atoms. The van der Waals surface area contributed by atoms with Crippen molar-refractivity contribution >= 4 is 27.6 Å². The van der Waals surface area contributed by atoms with Gasteiger partial charge in [-0.3, -0.25) is 20.6 Å². The summed E-state index contributed by atoms with van der Waals surface area (Å²) in [5.74, 6) is 0.0777. The van der Waals surface area contributed by atoms with Crippen LogP contribution in [0.2, 0.25) is 0 Å². The van der Waals surface area contributed by atoms with E-state index in [4.69, 9.17) is 13.9 Å². The van der Waals surface area contributed by atoms with Crippen LogP contribution in [0.4, 0.5) is 5.69 Å². The summed E-state index contributed by atoms with van der Waals surface area (Å²) in [6.45, 7) is 4.80. The largest absolute Gasteiger partial charge is 0.494 e. The first-order valence-corrected chi connectivity index (χ1v) is 12.6. The van der Waals surface area contributed by atoms with E-state index in [0.717, 1.165) is 5.56 Å². The zero-order chi connectivity index (χ0) is 27.2. The number of aliphatic hydroxyl groups is 1. The fraction of sp³-hybridized carbons (Fsp3) is 0.292. The number of hydrogen-bond acceptors (Lipinski definition) is 8. The van der Waals surface area contributed by atoms with Crippen LogP contribution in [0.1, 0.15) is 40.6 Å². The zero-order valence-electron chi connectivity index (χ0n) is 21.0. The Labute approximate surface area is 214 Å². The number of sulfonamides is 1. The first-order valence-electron chi connectivity index (χ1n) is 11.1. The van der Waals surface area contributed by atoms with Crippen molar-refractivity contribution in [1.29, 1.82) is 0 Å². The number of methoxy groups -OCH3 is 2. The molecular formula is C24H29N5O7S. The minimum Gasteiger partial charge on any atom is -0.494 e. The molecule has 37 heavy (non-hydrogen) atoms. The molecule has 0 radical (unpaired) electrons. The Bertz CT molecular complexity index is 1350. The Morgan fingerprint density at radius 1 is 1.05 bits per heavy atom. The van der Waals surface area contributed by atoms with Gasteiger partial charge in [-0.05, 0) is 56.7 Å². The van der Waals surface area contributed by atoms with Gasteiger partial charge in [0.25, 0.3) is 10.0 Å². The van der Waals surface area contributed by atoms with Gasteiger partial charge in [-0.2, -0.15) is 0 Å². The standard InChI is InChI=1S/C24H29N5O7S/c1-14-9-11-17(25-13-14)22(30)16(3)37(32,33)29-24(28-27-23(31)20-12-10-15(2)36-20)26-21-18(34-4)7-6-8-19(21)35-5/h6-13,16,22,30H,1-5H3,(H,27,31)(H2,26,28,29). The number of ether oxygens (including phenoxy) is 2. The highest BCUT2D eigenvalue weighted by Gasteiger charge is 2.31. The van der Waals surface area contributed by atoms with Crippen LogP contribution in [-0.4, -0.2) is 49.8 Å². The number of hydrazine groups is 1. The summed E-state index contributed by atoms with van der Waals surface area (Å²) in [7, 11) is -1.52. The molecular weight excluding hydrogens is 502 g/mol. The summed E-state index contributed by atoms with van der Waals surface area (Å²) in [4.78, 5) is 16.6. The number of aliphatic hydroxyl groups excluding tert-OH is 1. The number of amides is 1. The van der Waals surface area contributed by atoms with Crippen molar-refractivity contribution in [2.75, 3.05) is 19.5 Å². The molecule has 3 rings (SSSR count). The van der Waals surface area contributed by atoms with Crippen molar-refractivity contribution in [2.24, 2.45) is 4.40 Å². The summed E-state index contributed by atoms with van der Waals surface area (Å²) >= 11 is 0. The van der Waals surface area contributed by atoms with Crippen LogP contribution in [0, 0.1) is 13.8 Å². The number of benzene rings is 1. The third-order valence-corrected chi connectivity index (χ3v) is 6.93. The van der Waals surface area contributed by atoms with Crippen molar-refractivity contribution in [3.8, 4) is 11.5 Å². The second kappa shape index (κ2) is 11.8. The molecule has 0 fully saturated rings. The van der Waals surface area contributed by atoms with E-state index in [9.17, 15) is 18.3 Å². The minimum atomic E-state index is -4.37. The molecule has 2 aromatic heterocycles. The molecule has 2 heterocycles. The van der Waals surface area contributed by atoms with Crippen LogP contribution in [0.25, 0.3) is 0 Å². The number of rotatable bonds is 8. The number of aryl methyl sites for hydroxylation is 2. The molecule has 12 nitrogen and oxygen atoms in total. The summed E-state index contributed by atoms with van der Waals surface area (Å²) in [5, 5.41) is 12.1. The number of para-hydroxylation sites is 1. The van der Waals surface area contributed by atoms with Crippen LogP contribution in [0.3, 0.4) is 0 Å². The lowest BCUT2D eigenvalue weighted by Gasteiger charge is -2.20. The Kier molecular flexibility index (Phi) is 8.73. The van der Waals surface area contributed by atoms with Gasteiger partial charge < -0.3 is 24.3 Å². The molecule has 0 saturated carbocycles. The van der Waals surface area contributed by atoms with Crippen molar-refractivity contribution < 1.29 is 32.2 Å². The maximum absolute atomic E-state index is 13.2. The number of hydrogen-bond donors (Lipinski definition) is 4. The number of carbonyl (C=O) groups excluding carboxylic acids is 1. The van der Waals surface area contributed by atoms with Gasteiger partial charge in [0.1, 0.15) is 34.3 Å². The van der Waals surface area contributed by atoms with Crippen LogP contribution >= 0.6 is 0 Å². The first kappa shape index (κ1) is 27.5. The molecule has 1 amide bonds. The van der Waals surface area contributed by atoms with Crippen molar-refractivity contribution in [3.05, 3.63) is 71.4 Å². The lowest BCUT2D eigenvalue weighted by Crippen LogP contribution is -2.45. The van der Waals surface area contributed by atoms with E-state index in [1.165, 1.54) is 33.4 Å². The molecule has 1 aromatic carbocycles. The lowest BCUT2D eigenvalue weighted by molar-refractivity contribution is 0.0914. The lowest BCUT2D eigenvalue weighted by atomic mass is 10.1. The molecule has 2 atom stereocenters. The fourth-order valence-electron chi connectivity index (χ4n) is 3.17. The van der Waals surface area contributed by atoms with E-state index in [1.54, 1.807) is 43.3 Å². The van der Waals surface area contributed by atoms with Crippen LogP contribution < -0.4 is 25.6 Å². The smallest absolute Gasteiger partial charge is 0.305 e. The summed E-state index contributed by atoms with van der Waals surface area (Å²) in [5.41, 5.74) is 6.08. The summed E-state index contributed by atoms with van der Waals surface area (Å²) in [6.07, 6.45) is 0.0623. The molecule has 4 N–H and O–H groups in total. The summed E-state index contributed by atoms with van der Waals surface area (Å²) in [6, 6.07) is 11.2. The number of aromatic nitrogens is 1. The molecule has 0 aliphatic heterocycles. The van der Waals surface area contributed by atoms with Gasteiger partial charge in [-0.1, -0.05) is 12.1 Å². The highest BCUT2D eigenvalue weighted by molar-refractivity contribution is 7.90. The number of anilines is 1. The second-order valence-corrected chi connectivity index (χ2v) is 9.97. The predicted octanol–water partition coefficient (Wildman–Crippen LogP) is 2.46. The Morgan fingerprint density at radius 3 is 2.27 bits per heavy atom. The zero-order valence-corrected chi connectivity index (χ0v) is 21.8. The van der Waals surface area contributed by atoms with E-state index in [0.29, 0.717) is 17.3 Å². The number of nitrogens with one attached hydrogen (secondary N) is 3. The van der Waals surface area contributed by atoms with Gasteiger partial charge in [-0.25, -0.2) is 8.42 Å². The van der Waals surface area contributed by atoms with E-state index >= 15 is 0 Å². The van der Waals surface area contributed by atoms with E-state index in [2.05, 4.69) is 25.6 Å². The van der Waals surface area contributed by atoms with E-state index < -0.39 is 33.2 Å². The Hall–Kier alpha value is -4.10. The SMILES string of the molecule is COc1cccc(OC)c1NC(=NS(=O)(=O)C(C)C(O)c1ccc(C)cn1)NNC(=O)c1ccc(C)o1. The number of nitrogens with zero attached hydrogens (tertiary/aromatic N) is 2. The first-order chi connectivity index (χ1) is 17.6.